The normalized spacial score (nSPS) is 15.8. The van der Waals surface area contributed by atoms with Crippen LogP contribution in [0.3, 0.4) is 0 Å². The molecule has 0 unspecified atom stereocenters. The zero-order valence-electron chi connectivity index (χ0n) is 8.98. The summed E-state index contributed by atoms with van der Waals surface area (Å²) in [5.74, 6) is 2.12. The molecule has 1 aliphatic rings. The van der Waals surface area contributed by atoms with Crippen LogP contribution in [0.2, 0.25) is 0 Å². The molecular weight excluding hydrogens is 222 g/mol. The molecular formula is C12H15NO2S. The fraction of sp³-hybridized carbons (Fsp3) is 0.417. The lowest BCUT2D eigenvalue weighted by atomic mass is 10.1. The van der Waals surface area contributed by atoms with Gasteiger partial charge in [0.2, 0.25) is 0 Å². The van der Waals surface area contributed by atoms with Gasteiger partial charge < -0.3 is 10.4 Å². The molecule has 0 spiro atoms. The van der Waals surface area contributed by atoms with E-state index in [4.69, 9.17) is 5.11 Å². The van der Waals surface area contributed by atoms with Crippen molar-refractivity contribution in [2.45, 2.75) is 5.75 Å². The van der Waals surface area contributed by atoms with Gasteiger partial charge in [-0.05, 0) is 42.5 Å². The van der Waals surface area contributed by atoms with E-state index in [-0.39, 0.29) is 0 Å². The van der Waals surface area contributed by atoms with Gasteiger partial charge in [0.15, 0.2) is 0 Å². The van der Waals surface area contributed by atoms with Crippen molar-refractivity contribution in [2.75, 3.05) is 18.8 Å². The van der Waals surface area contributed by atoms with E-state index in [2.05, 4.69) is 5.32 Å². The van der Waals surface area contributed by atoms with Crippen molar-refractivity contribution < 1.29 is 9.90 Å². The molecule has 2 rings (SSSR count). The first-order valence-corrected chi connectivity index (χ1v) is 6.52. The molecule has 1 aromatic carbocycles. The van der Waals surface area contributed by atoms with Crippen molar-refractivity contribution in [2.24, 2.45) is 5.92 Å². The number of aromatic carboxylic acids is 1. The molecule has 1 aliphatic heterocycles. The van der Waals surface area contributed by atoms with Crippen LogP contribution in [0.15, 0.2) is 24.3 Å². The molecule has 0 atom stereocenters. The van der Waals surface area contributed by atoms with Crippen molar-refractivity contribution in [3.63, 3.8) is 0 Å². The first-order chi connectivity index (χ1) is 7.75. The molecule has 1 saturated heterocycles. The number of nitrogens with one attached hydrogen (secondary N) is 1. The molecule has 0 aliphatic carbocycles. The quantitative estimate of drug-likeness (QED) is 0.820. The zero-order valence-corrected chi connectivity index (χ0v) is 9.80. The second-order valence-corrected chi connectivity index (χ2v) is 5.07. The molecule has 2 N–H and O–H groups in total. The number of carboxylic acid groups (broad SMARTS) is 1. The van der Waals surface area contributed by atoms with Crippen molar-refractivity contribution in [3.8, 4) is 0 Å². The van der Waals surface area contributed by atoms with Gasteiger partial charge in [0.1, 0.15) is 0 Å². The summed E-state index contributed by atoms with van der Waals surface area (Å²) in [6.45, 7) is 2.29. The molecule has 3 nitrogen and oxygen atoms in total. The summed E-state index contributed by atoms with van der Waals surface area (Å²) >= 11 is 1.92. The van der Waals surface area contributed by atoms with E-state index in [0.29, 0.717) is 5.56 Å². The minimum absolute atomic E-state index is 0.358. The Morgan fingerprint density at radius 1 is 1.38 bits per heavy atom. The summed E-state index contributed by atoms with van der Waals surface area (Å²) < 4.78 is 0. The van der Waals surface area contributed by atoms with Gasteiger partial charge in [-0.1, -0.05) is 12.1 Å². The highest BCUT2D eigenvalue weighted by molar-refractivity contribution is 7.98. The van der Waals surface area contributed by atoms with E-state index in [1.165, 1.54) is 11.3 Å². The predicted molar refractivity (Wildman–Crippen MR) is 65.9 cm³/mol. The molecule has 0 saturated carbocycles. The number of carbonyl (C=O) groups is 1. The zero-order chi connectivity index (χ0) is 11.4. The second kappa shape index (κ2) is 5.37. The minimum atomic E-state index is -0.861. The molecule has 0 amide bonds. The molecule has 0 bridgehead atoms. The van der Waals surface area contributed by atoms with Gasteiger partial charge in [0.05, 0.1) is 5.56 Å². The lowest BCUT2D eigenvalue weighted by molar-refractivity contribution is 0.0697. The maximum Gasteiger partial charge on any atom is 0.335 e. The van der Waals surface area contributed by atoms with E-state index in [1.807, 2.05) is 23.9 Å². The van der Waals surface area contributed by atoms with Gasteiger partial charge in [-0.2, -0.15) is 11.8 Å². The van der Waals surface area contributed by atoms with E-state index in [9.17, 15) is 4.79 Å². The smallest absolute Gasteiger partial charge is 0.335 e. The van der Waals surface area contributed by atoms with Gasteiger partial charge in [-0.15, -0.1) is 0 Å². The van der Waals surface area contributed by atoms with Gasteiger partial charge >= 0.3 is 5.97 Å². The highest BCUT2D eigenvalue weighted by Gasteiger charge is 2.15. The fourth-order valence-electron chi connectivity index (χ4n) is 1.55. The fourth-order valence-corrected chi connectivity index (χ4v) is 2.67. The van der Waals surface area contributed by atoms with Crippen LogP contribution in [-0.2, 0) is 5.75 Å². The Morgan fingerprint density at radius 3 is 2.56 bits per heavy atom. The van der Waals surface area contributed by atoms with E-state index < -0.39 is 5.97 Å². The van der Waals surface area contributed by atoms with Gasteiger partial charge in [-0.25, -0.2) is 4.79 Å². The summed E-state index contributed by atoms with van der Waals surface area (Å²) in [4.78, 5) is 10.6. The Morgan fingerprint density at radius 2 is 2.06 bits per heavy atom. The molecule has 86 valence electrons. The summed E-state index contributed by atoms with van der Waals surface area (Å²) in [6, 6.07) is 7.14. The van der Waals surface area contributed by atoms with Crippen LogP contribution in [0.25, 0.3) is 0 Å². The number of rotatable bonds is 5. The third-order valence-corrected chi connectivity index (χ3v) is 3.93. The number of thioether (sulfide) groups is 1. The molecule has 4 heteroatoms. The van der Waals surface area contributed by atoms with E-state index in [1.54, 1.807) is 12.1 Å². The van der Waals surface area contributed by atoms with Crippen LogP contribution >= 0.6 is 11.8 Å². The molecule has 0 radical (unpaired) electrons. The summed E-state index contributed by atoms with van der Waals surface area (Å²) in [5.41, 5.74) is 1.55. The Hall–Kier alpha value is -1.00. The highest BCUT2D eigenvalue weighted by atomic mass is 32.2. The second-order valence-electron chi connectivity index (χ2n) is 4.04. The predicted octanol–water partition coefficient (Wildman–Crippen LogP) is 1.84. The summed E-state index contributed by atoms with van der Waals surface area (Å²) in [7, 11) is 0. The van der Waals surface area contributed by atoms with Crippen LogP contribution in [0.4, 0.5) is 0 Å². The number of carboxylic acids is 1. The van der Waals surface area contributed by atoms with Gasteiger partial charge in [-0.3, -0.25) is 0 Å². The maximum atomic E-state index is 10.6. The first-order valence-electron chi connectivity index (χ1n) is 5.36. The third-order valence-electron chi connectivity index (χ3n) is 2.69. The monoisotopic (exact) mass is 237 g/mol. The van der Waals surface area contributed by atoms with Crippen molar-refractivity contribution in [1.82, 2.24) is 5.32 Å². The summed E-state index contributed by atoms with van der Waals surface area (Å²) in [6.07, 6.45) is 0. The van der Waals surface area contributed by atoms with Crippen LogP contribution in [-0.4, -0.2) is 29.9 Å². The van der Waals surface area contributed by atoms with E-state index >= 15 is 0 Å². The van der Waals surface area contributed by atoms with Gasteiger partial charge in [0.25, 0.3) is 0 Å². The molecule has 0 aromatic heterocycles. The molecule has 1 aromatic rings. The summed E-state index contributed by atoms with van der Waals surface area (Å²) in [5, 5.41) is 12.0. The largest absolute Gasteiger partial charge is 0.478 e. The maximum absolute atomic E-state index is 10.6. The Labute approximate surface area is 99.2 Å². The Balaban J connectivity index is 1.78. The standard InChI is InChI=1S/C12H15NO2S/c14-12(15)11-3-1-9(2-4-11)7-16-8-10-5-13-6-10/h1-4,10,13H,5-8H2,(H,14,15). The van der Waals surface area contributed by atoms with Crippen LogP contribution in [0, 0.1) is 5.92 Å². The van der Waals surface area contributed by atoms with E-state index in [0.717, 1.165) is 24.8 Å². The topological polar surface area (TPSA) is 49.3 Å². The van der Waals surface area contributed by atoms with Crippen LogP contribution in [0.5, 0.6) is 0 Å². The van der Waals surface area contributed by atoms with Gasteiger partial charge in [0, 0.05) is 5.75 Å². The first kappa shape index (κ1) is 11.5. The number of hydrogen-bond acceptors (Lipinski definition) is 3. The van der Waals surface area contributed by atoms with Crippen LogP contribution in [0.1, 0.15) is 15.9 Å². The van der Waals surface area contributed by atoms with Crippen LogP contribution < -0.4 is 5.32 Å². The minimum Gasteiger partial charge on any atom is -0.478 e. The SMILES string of the molecule is O=C(O)c1ccc(CSCC2CNC2)cc1. The highest BCUT2D eigenvalue weighted by Crippen LogP contribution is 2.18. The lowest BCUT2D eigenvalue weighted by Crippen LogP contribution is -2.43. The van der Waals surface area contributed by atoms with Crippen molar-refractivity contribution in [1.29, 1.82) is 0 Å². The molecule has 1 fully saturated rings. The average Bonchev–Trinajstić information content (AvgIpc) is 2.22. The van der Waals surface area contributed by atoms with Crippen molar-refractivity contribution in [3.05, 3.63) is 35.4 Å². The lowest BCUT2D eigenvalue weighted by Gasteiger charge is -2.26. The molecule has 1 heterocycles. The van der Waals surface area contributed by atoms with Crippen molar-refractivity contribution >= 4 is 17.7 Å². The molecule has 16 heavy (non-hydrogen) atoms. The average molecular weight is 237 g/mol. The Bertz CT molecular complexity index is 360. The Kier molecular flexibility index (Phi) is 3.85. The third kappa shape index (κ3) is 3.00. The number of hydrogen-bond donors (Lipinski definition) is 2. The number of benzene rings is 1.